The van der Waals surface area contributed by atoms with Crippen LogP contribution < -0.4 is 0 Å². The predicted octanol–water partition coefficient (Wildman–Crippen LogP) is 4.77. The first-order valence-electron chi connectivity index (χ1n) is 6.71. The summed E-state index contributed by atoms with van der Waals surface area (Å²) in [4.78, 5) is 12.8. The number of aryl methyl sites for hydroxylation is 1. The SMILES string of the molecule is Cc1cc(COC(=O)c2cc3sc4ccccc4c3s2)no1. The molecule has 1 aromatic carbocycles. The molecule has 0 aliphatic heterocycles. The van der Waals surface area contributed by atoms with Gasteiger partial charge in [-0.1, -0.05) is 23.4 Å². The van der Waals surface area contributed by atoms with Gasteiger partial charge in [-0.15, -0.1) is 22.7 Å². The van der Waals surface area contributed by atoms with E-state index in [-0.39, 0.29) is 12.6 Å². The Kier molecular flexibility index (Phi) is 3.20. The smallest absolute Gasteiger partial charge is 0.348 e. The van der Waals surface area contributed by atoms with Crippen molar-refractivity contribution in [3.63, 3.8) is 0 Å². The number of rotatable bonds is 3. The van der Waals surface area contributed by atoms with Crippen molar-refractivity contribution in [3.05, 3.63) is 52.7 Å². The second kappa shape index (κ2) is 5.23. The molecule has 0 amide bonds. The summed E-state index contributed by atoms with van der Waals surface area (Å²) in [5, 5.41) is 5.00. The lowest BCUT2D eigenvalue weighted by Crippen LogP contribution is -2.03. The maximum absolute atomic E-state index is 12.2. The fourth-order valence-electron chi connectivity index (χ4n) is 2.30. The van der Waals surface area contributed by atoms with Crippen LogP contribution in [-0.2, 0) is 11.3 Å². The number of nitrogens with zero attached hydrogens (tertiary/aromatic N) is 1. The molecule has 4 nitrogen and oxygen atoms in total. The van der Waals surface area contributed by atoms with Crippen molar-refractivity contribution in [1.82, 2.24) is 5.16 Å². The lowest BCUT2D eigenvalue weighted by molar-refractivity contribution is 0.0470. The number of thiophene rings is 2. The average molecular weight is 329 g/mol. The van der Waals surface area contributed by atoms with E-state index >= 15 is 0 Å². The highest BCUT2D eigenvalue weighted by atomic mass is 32.1. The van der Waals surface area contributed by atoms with Gasteiger partial charge in [0.2, 0.25) is 0 Å². The number of ether oxygens (including phenoxy) is 1. The maximum Gasteiger partial charge on any atom is 0.348 e. The molecule has 6 heteroatoms. The maximum atomic E-state index is 12.2. The van der Waals surface area contributed by atoms with E-state index in [4.69, 9.17) is 9.26 Å². The molecule has 4 aromatic rings. The Morgan fingerprint density at radius 1 is 1.23 bits per heavy atom. The fraction of sp³-hybridized carbons (Fsp3) is 0.125. The van der Waals surface area contributed by atoms with Crippen LogP contribution in [0.15, 0.2) is 40.9 Å². The molecule has 0 bridgehead atoms. The zero-order chi connectivity index (χ0) is 15.1. The van der Waals surface area contributed by atoms with Crippen molar-refractivity contribution < 1.29 is 14.1 Å². The molecule has 110 valence electrons. The van der Waals surface area contributed by atoms with Crippen molar-refractivity contribution >= 4 is 48.1 Å². The van der Waals surface area contributed by atoms with Crippen molar-refractivity contribution in [2.45, 2.75) is 13.5 Å². The molecule has 0 atom stereocenters. The first-order chi connectivity index (χ1) is 10.7. The highest BCUT2D eigenvalue weighted by Crippen LogP contribution is 2.39. The van der Waals surface area contributed by atoms with E-state index in [2.05, 4.69) is 17.3 Å². The Morgan fingerprint density at radius 2 is 2.09 bits per heavy atom. The highest BCUT2D eigenvalue weighted by Gasteiger charge is 2.16. The summed E-state index contributed by atoms with van der Waals surface area (Å²) in [6, 6.07) is 11.9. The third-order valence-electron chi connectivity index (χ3n) is 3.28. The number of hydrogen-bond acceptors (Lipinski definition) is 6. The van der Waals surface area contributed by atoms with Gasteiger partial charge in [0.25, 0.3) is 0 Å². The van der Waals surface area contributed by atoms with Crippen LogP contribution in [0.2, 0.25) is 0 Å². The lowest BCUT2D eigenvalue weighted by Gasteiger charge is -1.99. The average Bonchev–Trinajstić information content (AvgIpc) is 3.18. The third-order valence-corrected chi connectivity index (χ3v) is 5.67. The van der Waals surface area contributed by atoms with Gasteiger partial charge in [0.15, 0.2) is 0 Å². The van der Waals surface area contributed by atoms with Crippen LogP contribution >= 0.6 is 22.7 Å². The lowest BCUT2D eigenvalue weighted by atomic mass is 10.2. The van der Waals surface area contributed by atoms with Crippen LogP contribution in [0.25, 0.3) is 19.5 Å². The third kappa shape index (κ3) is 2.30. The summed E-state index contributed by atoms with van der Waals surface area (Å²) in [7, 11) is 0. The number of fused-ring (bicyclic) bond motifs is 3. The van der Waals surface area contributed by atoms with E-state index in [0.717, 1.165) is 9.40 Å². The van der Waals surface area contributed by atoms with Crippen molar-refractivity contribution in [3.8, 4) is 0 Å². The molecule has 3 aromatic heterocycles. The Hall–Kier alpha value is -2.18. The molecule has 0 N–H and O–H groups in total. The number of aromatic nitrogens is 1. The van der Waals surface area contributed by atoms with Gasteiger partial charge in [0, 0.05) is 20.9 Å². The molecule has 0 fully saturated rings. The molecule has 0 aliphatic rings. The first-order valence-corrected chi connectivity index (χ1v) is 8.34. The Bertz CT molecular complexity index is 980. The minimum Gasteiger partial charge on any atom is -0.455 e. The molecule has 0 saturated carbocycles. The molecular formula is C16H11NO3S2. The number of benzene rings is 1. The largest absolute Gasteiger partial charge is 0.455 e. The summed E-state index contributed by atoms with van der Waals surface area (Å²) in [5.41, 5.74) is 0.620. The fourth-order valence-corrected chi connectivity index (χ4v) is 4.72. The van der Waals surface area contributed by atoms with Gasteiger partial charge < -0.3 is 9.26 Å². The Labute approximate surface area is 133 Å². The van der Waals surface area contributed by atoms with Gasteiger partial charge >= 0.3 is 5.97 Å². The predicted molar refractivity (Wildman–Crippen MR) is 87.6 cm³/mol. The monoisotopic (exact) mass is 329 g/mol. The highest BCUT2D eigenvalue weighted by molar-refractivity contribution is 7.33. The summed E-state index contributed by atoms with van der Waals surface area (Å²) in [5.74, 6) is 0.382. The molecule has 3 heterocycles. The number of esters is 1. The van der Waals surface area contributed by atoms with E-state index in [9.17, 15) is 4.79 Å². The molecule has 4 rings (SSSR count). The summed E-state index contributed by atoms with van der Waals surface area (Å²) < 4.78 is 13.7. The van der Waals surface area contributed by atoms with Crippen LogP contribution in [0.5, 0.6) is 0 Å². The van der Waals surface area contributed by atoms with Crippen molar-refractivity contribution in [1.29, 1.82) is 0 Å². The van der Waals surface area contributed by atoms with Crippen molar-refractivity contribution in [2.24, 2.45) is 0 Å². The molecule has 0 spiro atoms. The van der Waals surface area contributed by atoms with Gasteiger partial charge in [-0.05, 0) is 19.1 Å². The van der Waals surface area contributed by atoms with Crippen molar-refractivity contribution in [2.75, 3.05) is 0 Å². The van der Waals surface area contributed by atoms with Gasteiger partial charge in [0.1, 0.15) is 22.9 Å². The molecule has 0 radical (unpaired) electrons. The van der Waals surface area contributed by atoms with Gasteiger partial charge in [-0.25, -0.2) is 4.79 Å². The van der Waals surface area contributed by atoms with Crippen LogP contribution in [0.1, 0.15) is 21.1 Å². The quantitative estimate of drug-likeness (QED) is 0.508. The summed E-state index contributed by atoms with van der Waals surface area (Å²) in [6.07, 6.45) is 0. The molecule has 22 heavy (non-hydrogen) atoms. The summed E-state index contributed by atoms with van der Waals surface area (Å²) >= 11 is 3.17. The van der Waals surface area contributed by atoms with E-state index in [1.54, 1.807) is 24.3 Å². The normalized spacial score (nSPS) is 11.3. The molecule has 0 saturated heterocycles. The van der Waals surface area contributed by atoms with E-state index in [0.29, 0.717) is 16.3 Å². The van der Waals surface area contributed by atoms with Crippen LogP contribution in [-0.4, -0.2) is 11.1 Å². The zero-order valence-corrected chi connectivity index (χ0v) is 13.3. The number of hydrogen-bond donors (Lipinski definition) is 0. The zero-order valence-electron chi connectivity index (χ0n) is 11.7. The number of carbonyl (C=O) groups is 1. The second-order valence-corrected chi connectivity index (χ2v) is 7.04. The first kappa shape index (κ1) is 13.5. The van der Waals surface area contributed by atoms with Gasteiger partial charge in [0.05, 0.1) is 4.70 Å². The van der Waals surface area contributed by atoms with Crippen LogP contribution in [0.4, 0.5) is 0 Å². The van der Waals surface area contributed by atoms with Crippen LogP contribution in [0.3, 0.4) is 0 Å². The molecular weight excluding hydrogens is 318 g/mol. The van der Waals surface area contributed by atoms with Gasteiger partial charge in [-0.3, -0.25) is 0 Å². The second-order valence-electron chi connectivity index (χ2n) is 4.91. The van der Waals surface area contributed by atoms with E-state index in [1.165, 1.54) is 21.4 Å². The topological polar surface area (TPSA) is 52.3 Å². The van der Waals surface area contributed by atoms with Gasteiger partial charge in [-0.2, -0.15) is 0 Å². The minimum absolute atomic E-state index is 0.127. The summed E-state index contributed by atoms with van der Waals surface area (Å²) in [6.45, 7) is 1.93. The standard InChI is InChI=1S/C16H11NO3S2/c1-9-6-10(17-20-9)8-19-16(18)14-7-13-15(22-14)11-4-2-3-5-12(11)21-13/h2-7H,8H2,1H3. The Balaban J connectivity index is 1.59. The number of carbonyl (C=O) groups excluding carboxylic acids is 1. The van der Waals surface area contributed by atoms with Crippen LogP contribution in [0, 0.1) is 6.92 Å². The van der Waals surface area contributed by atoms with E-state index < -0.39 is 0 Å². The molecule has 0 aliphatic carbocycles. The van der Waals surface area contributed by atoms with E-state index in [1.807, 2.05) is 18.2 Å². The minimum atomic E-state index is -0.321. The molecule has 0 unspecified atom stereocenters. The Morgan fingerprint density at radius 3 is 2.91 bits per heavy atom.